The SMILES string of the molecule is CCCCCCCCCCC(OC(C)=O)C1CCCC(=O)O1. The predicted molar refractivity (Wildman–Crippen MR) is 86.5 cm³/mol. The second-order valence-corrected chi connectivity index (χ2v) is 6.33. The molecule has 1 aliphatic heterocycles. The van der Waals surface area contributed by atoms with Crippen molar-refractivity contribution in [3.63, 3.8) is 0 Å². The normalized spacial score (nSPS) is 19.5. The number of hydrogen-bond donors (Lipinski definition) is 0. The molecule has 0 N–H and O–H groups in total. The zero-order valence-corrected chi connectivity index (χ0v) is 14.3. The molecule has 4 heteroatoms. The summed E-state index contributed by atoms with van der Waals surface area (Å²) < 4.78 is 10.7. The standard InChI is InChI=1S/C18H32O4/c1-3-4-5-6-7-8-9-10-12-16(21-15(2)19)17-13-11-14-18(20)22-17/h16-17H,3-14H2,1-2H3. The van der Waals surface area contributed by atoms with E-state index >= 15 is 0 Å². The molecule has 0 spiro atoms. The van der Waals surface area contributed by atoms with Crippen molar-refractivity contribution < 1.29 is 19.1 Å². The lowest BCUT2D eigenvalue weighted by atomic mass is 9.98. The van der Waals surface area contributed by atoms with Crippen molar-refractivity contribution in [1.29, 1.82) is 0 Å². The fraction of sp³-hybridized carbons (Fsp3) is 0.889. The Morgan fingerprint density at radius 1 is 1.18 bits per heavy atom. The molecule has 2 unspecified atom stereocenters. The number of unbranched alkanes of at least 4 members (excludes halogenated alkanes) is 7. The van der Waals surface area contributed by atoms with E-state index in [2.05, 4.69) is 6.92 Å². The Labute approximate surface area is 134 Å². The van der Waals surface area contributed by atoms with Gasteiger partial charge in [0.2, 0.25) is 0 Å². The first-order valence-electron chi connectivity index (χ1n) is 9.00. The highest BCUT2D eigenvalue weighted by Crippen LogP contribution is 2.23. The number of esters is 2. The lowest BCUT2D eigenvalue weighted by Crippen LogP contribution is -2.37. The fourth-order valence-electron chi connectivity index (χ4n) is 3.01. The molecule has 1 heterocycles. The molecule has 1 rings (SSSR count). The van der Waals surface area contributed by atoms with Gasteiger partial charge < -0.3 is 9.47 Å². The number of ether oxygens (including phenoxy) is 2. The monoisotopic (exact) mass is 312 g/mol. The van der Waals surface area contributed by atoms with Gasteiger partial charge in [0.15, 0.2) is 0 Å². The van der Waals surface area contributed by atoms with Gasteiger partial charge in [-0.1, -0.05) is 51.9 Å². The van der Waals surface area contributed by atoms with Gasteiger partial charge in [0.05, 0.1) is 0 Å². The predicted octanol–water partition coefficient (Wildman–Crippen LogP) is 4.54. The maximum atomic E-state index is 11.4. The van der Waals surface area contributed by atoms with E-state index in [1.54, 1.807) is 0 Å². The van der Waals surface area contributed by atoms with Crippen molar-refractivity contribution >= 4 is 11.9 Å². The summed E-state index contributed by atoms with van der Waals surface area (Å²) in [6.45, 7) is 3.65. The zero-order chi connectivity index (χ0) is 16.2. The zero-order valence-electron chi connectivity index (χ0n) is 14.3. The van der Waals surface area contributed by atoms with E-state index in [0.29, 0.717) is 6.42 Å². The minimum absolute atomic E-state index is 0.163. The Bertz CT molecular complexity index is 327. The highest BCUT2D eigenvalue weighted by Gasteiger charge is 2.30. The van der Waals surface area contributed by atoms with Crippen molar-refractivity contribution in [1.82, 2.24) is 0 Å². The number of hydrogen-bond acceptors (Lipinski definition) is 4. The van der Waals surface area contributed by atoms with Crippen LogP contribution in [0.4, 0.5) is 0 Å². The third-order valence-electron chi connectivity index (χ3n) is 4.23. The summed E-state index contributed by atoms with van der Waals surface area (Å²) >= 11 is 0. The Balaban J connectivity index is 2.21. The topological polar surface area (TPSA) is 52.6 Å². The Kier molecular flexibility index (Phi) is 9.93. The minimum atomic E-state index is -0.286. The third kappa shape index (κ3) is 8.40. The van der Waals surface area contributed by atoms with Crippen molar-refractivity contribution in [3.8, 4) is 0 Å². The minimum Gasteiger partial charge on any atom is -0.459 e. The molecule has 1 aliphatic rings. The van der Waals surface area contributed by atoms with Crippen LogP contribution in [0.5, 0.6) is 0 Å². The average Bonchev–Trinajstić information content (AvgIpc) is 2.48. The number of carbonyl (C=O) groups is 2. The molecule has 0 aromatic rings. The molecule has 2 atom stereocenters. The molecule has 0 aromatic carbocycles. The molecular formula is C18H32O4. The van der Waals surface area contributed by atoms with E-state index < -0.39 is 0 Å². The van der Waals surface area contributed by atoms with E-state index in [1.165, 1.54) is 45.4 Å². The summed E-state index contributed by atoms with van der Waals surface area (Å²) in [5.41, 5.74) is 0. The first-order valence-corrected chi connectivity index (χ1v) is 9.00. The first-order chi connectivity index (χ1) is 10.6. The van der Waals surface area contributed by atoms with Gasteiger partial charge in [-0.3, -0.25) is 9.59 Å². The van der Waals surface area contributed by atoms with E-state index in [-0.39, 0.29) is 24.1 Å². The number of rotatable bonds is 11. The van der Waals surface area contributed by atoms with Gasteiger partial charge in [-0.2, -0.15) is 0 Å². The number of cyclic esters (lactones) is 1. The van der Waals surface area contributed by atoms with Crippen LogP contribution < -0.4 is 0 Å². The molecule has 0 aliphatic carbocycles. The van der Waals surface area contributed by atoms with E-state index in [1.807, 2.05) is 0 Å². The van der Waals surface area contributed by atoms with Crippen LogP contribution in [0.1, 0.15) is 90.9 Å². The molecule has 128 valence electrons. The van der Waals surface area contributed by atoms with Crippen LogP contribution >= 0.6 is 0 Å². The quantitative estimate of drug-likeness (QED) is 0.415. The van der Waals surface area contributed by atoms with Crippen LogP contribution in [0.15, 0.2) is 0 Å². The van der Waals surface area contributed by atoms with Crippen LogP contribution in [0.25, 0.3) is 0 Å². The first kappa shape index (κ1) is 19.0. The summed E-state index contributed by atoms with van der Waals surface area (Å²) in [6, 6.07) is 0. The Hall–Kier alpha value is -1.06. The van der Waals surface area contributed by atoms with Gasteiger partial charge in [-0.25, -0.2) is 0 Å². The van der Waals surface area contributed by atoms with Crippen LogP contribution in [-0.4, -0.2) is 24.1 Å². The molecule has 0 aromatic heterocycles. The van der Waals surface area contributed by atoms with E-state index in [4.69, 9.17) is 9.47 Å². The molecule has 22 heavy (non-hydrogen) atoms. The molecule has 1 saturated heterocycles. The highest BCUT2D eigenvalue weighted by atomic mass is 16.6. The average molecular weight is 312 g/mol. The maximum Gasteiger partial charge on any atom is 0.306 e. The Morgan fingerprint density at radius 2 is 1.82 bits per heavy atom. The smallest absolute Gasteiger partial charge is 0.306 e. The second-order valence-electron chi connectivity index (χ2n) is 6.33. The lowest BCUT2D eigenvalue weighted by Gasteiger charge is -2.29. The summed E-state index contributed by atoms with van der Waals surface area (Å²) in [6.07, 6.45) is 12.4. The maximum absolute atomic E-state index is 11.4. The van der Waals surface area contributed by atoms with E-state index in [9.17, 15) is 9.59 Å². The van der Waals surface area contributed by atoms with E-state index in [0.717, 1.165) is 32.1 Å². The fourth-order valence-corrected chi connectivity index (χ4v) is 3.01. The number of carbonyl (C=O) groups excluding carboxylic acids is 2. The molecule has 0 saturated carbocycles. The molecular weight excluding hydrogens is 280 g/mol. The molecule has 0 amide bonds. The van der Waals surface area contributed by atoms with Crippen molar-refractivity contribution in [2.45, 2.75) is 103 Å². The summed E-state index contributed by atoms with van der Waals surface area (Å²) in [5.74, 6) is -0.449. The second kappa shape index (κ2) is 11.5. The third-order valence-corrected chi connectivity index (χ3v) is 4.23. The van der Waals surface area contributed by atoms with Crippen LogP contribution in [0, 0.1) is 0 Å². The summed E-state index contributed by atoms with van der Waals surface area (Å²) in [5, 5.41) is 0. The van der Waals surface area contributed by atoms with Crippen molar-refractivity contribution in [2.24, 2.45) is 0 Å². The Morgan fingerprint density at radius 3 is 2.41 bits per heavy atom. The largest absolute Gasteiger partial charge is 0.459 e. The van der Waals surface area contributed by atoms with Gasteiger partial charge >= 0.3 is 11.9 Å². The van der Waals surface area contributed by atoms with Gasteiger partial charge in [-0.15, -0.1) is 0 Å². The van der Waals surface area contributed by atoms with Crippen LogP contribution in [0.3, 0.4) is 0 Å². The molecule has 0 radical (unpaired) electrons. The summed E-state index contributed by atoms with van der Waals surface area (Å²) in [7, 11) is 0. The van der Waals surface area contributed by atoms with Gasteiger partial charge in [0, 0.05) is 13.3 Å². The molecule has 4 nitrogen and oxygen atoms in total. The van der Waals surface area contributed by atoms with Crippen LogP contribution in [-0.2, 0) is 19.1 Å². The van der Waals surface area contributed by atoms with Crippen molar-refractivity contribution in [2.75, 3.05) is 0 Å². The van der Waals surface area contributed by atoms with Crippen LogP contribution in [0.2, 0.25) is 0 Å². The highest BCUT2D eigenvalue weighted by molar-refractivity contribution is 5.70. The molecule has 1 fully saturated rings. The van der Waals surface area contributed by atoms with Crippen molar-refractivity contribution in [3.05, 3.63) is 0 Å². The lowest BCUT2D eigenvalue weighted by molar-refractivity contribution is -0.172. The van der Waals surface area contributed by atoms with Gasteiger partial charge in [0.1, 0.15) is 12.2 Å². The molecule has 0 bridgehead atoms. The summed E-state index contributed by atoms with van der Waals surface area (Å²) in [4.78, 5) is 22.7. The van der Waals surface area contributed by atoms with Gasteiger partial charge in [-0.05, 0) is 25.7 Å². The van der Waals surface area contributed by atoms with Gasteiger partial charge in [0.25, 0.3) is 0 Å².